The number of aryl methyl sites for hydroxylation is 2. The number of hydrogen-bond acceptors (Lipinski definition) is 3. The number of benzene rings is 2. The van der Waals surface area contributed by atoms with Crippen molar-refractivity contribution >= 4 is 11.6 Å². The van der Waals surface area contributed by atoms with Gasteiger partial charge in [-0.1, -0.05) is 25.1 Å². The van der Waals surface area contributed by atoms with E-state index in [1.807, 2.05) is 26.0 Å². The van der Waals surface area contributed by atoms with Crippen molar-refractivity contribution in [1.29, 1.82) is 0 Å². The second kappa shape index (κ2) is 7.05. The Morgan fingerprint density at radius 3 is 2.30 bits per heavy atom. The highest BCUT2D eigenvalue weighted by atomic mass is 16.6. The van der Waals surface area contributed by atoms with E-state index >= 15 is 0 Å². The van der Waals surface area contributed by atoms with Crippen LogP contribution in [0.25, 0.3) is 0 Å². The lowest BCUT2D eigenvalue weighted by atomic mass is 9.99. The van der Waals surface area contributed by atoms with Crippen LogP contribution in [-0.4, -0.2) is 10.8 Å². The van der Waals surface area contributed by atoms with Gasteiger partial charge in [0, 0.05) is 17.7 Å². The van der Waals surface area contributed by atoms with E-state index in [-0.39, 0.29) is 17.6 Å². The first kappa shape index (κ1) is 16.7. The number of nitrogens with one attached hydrogen (secondary N) is 1. The third-order valence-electron chi connectivity index (χ3n) is 3.99. The molecule has 0 aliphatic rings. The molecule has 5 nitrogen and oxygen atoms in total. The zero-order chi connectivity index (χ0) is 17.0. The first-order chi connectivity index (χ1) is 10.9. The van der Waals surface area contributed by atoms with Gasteiger partial charge in [-0.2, -0.15) is 0 Å². The van der Waals surface area contributed by atoms with E-state index < -0.39 is 4.92 Å². The number of nitro benzene ring substituents is 1. The minimum atomic E-state index is -0.481. The van der Waals surface area contributed by atoms with Crippen LogP contribution in [0.2, 0.25) is 0 Å². The molecule has 0 fully saturated rings. The summed E-state index contributed by atoms with van der Waals surface area (Å²) in [5.41, 5.74) is 3.85. The summed E-state index contributed by atoms with van der Waals surface area (Å²) in [7, 11) is 0. The molecule has 0 aliphatic heterocycles. The maximum Gasteiger partial charge on any atom is 0.269 e. The molecule has 0 unspecified atom stereocenters. The Balaban J connectivity index is 2.15. The Morgan fingerprint density at radius 2 is 1.78 bits per heavy atom. The van der Waals surface area contributed by atoms with Gasteiger partial charge in [0.15, 0.2) is 0 Å². The van der Waals surface area contributed by atoms with Gasteiger partial charge in [-0.25, -0.2) is 0 Å². The van der Waals surface area contributed by atoms with Crippen LogP contribution in [0.4, 0.5) is 5.69 Å². The van der Waals surface area contributed by atoms with Crippen molar-refractivity contribution in [2.24, 2.45) is 0 Å². The predicted octanol–water partition coefficient (Wildman–Crippen LogP) is 4.09. The molecule has 1 atom stereocenters. The molecule has 0 heterocycles. The second-order valence-corrected chi connectivity index (χ2v) is 5.58. The van der Waals surface area contributed by atoms with Crippen LogP contribution in [0, 0.1) is 24.0 Å². The first-order valence-corrected chi connectivity index (χ1v) is 7.54. The molecule has 0 spiro atoms. The van der Waals surface area contributed by atoms with Crippen molar-refractivity contribution in [1.82, 2.24) is 5.32 Å². The van der Waals surface area contributed by atoms with Crippen LogP contribution in [0.1, 0.15) is 46.4 Å². The molecule has 2 rings (SSSR count). The van der Waals surface area contributed by atoms with E-state index in [0.717, 1.165) is 12.0 Å². The Morgan fingerprint density at radius 1 is 1.13 bits per heavy atom. The summed E-state index contributed by atoms with van der Waals surface area (Å²) in [6.45, 7) is 6.11. The fraction of sp³-hybridized carbons (Fsp3) is 0.278. The van der Waals surface area contributed by atoms with Crippen molar-refractivity contribution < 1.29 is 9.72 Å². The fourth-order valence-corrected chi connectivity index (χ4v) is 2.38. The molecule has 5 heteroatoms. The third-order valence-corrected chi connectivity index (χ3v) is 3.99. The minimum Gasteiger partial charge on any atom is -0.345 e. The average Bonchev–Trinajstić information content (AvgIpc) is 2.55. The number of non-ortho nitro benzene ring substituents is 1. The van der Waals surface area contributed by atoms with E-state index in [0.29, 0.717) is 5.56 Å². The molecule has 23 heavy (non-hydrogen) atoms. The molecular formula is C18H20N2O3. The molecule has 1 N–H and O–H groups in total. The van der Waals surface area contributed by atoms with Crippen molar-refractivity contribution in [2.75, 3.05) is 0 Å². The van der Waals surface area contributed by atoms with Gasteiger partial charge in [-0.3, -0.25) is 14.9 Å². The van der Waals surface area contributed by atoms with E-state index in [2.05, 4.69) is 18.3 Å². The van der Waals surface area contributed by atoms with Gasteiger partial charge in [-0.05, 0) is 49.1 Å². The van der Waals surface area contributed by atoms with Gasteiger partial charge < -0.3 is 5.32 Å². The quantitative estimate of drug-likeness (QED) is 0.667. The standard InChI is InChI=1S/C18H20N2O3/c1-4-17(15-6-5-12(2)13(3)11-15)19-18(21)14-7-9-16(10-8-14)20(22)23/h5-11,17H,4H2,1-3H3,(H,19,21)/t17-/m1/s1. The number of carbonyl (C=O) groups excluding carboxylic acids is 1. The highest BCUT2D eigenvalue weighted by Gasteiger charge is 2.15. The lowest BCUT2D eigenvalue weighted by Gasteiger charge is -2.18. The van der Waals surface area contributed by atoms with E-state index in [9.17, 15) is 14.9 Å². The summed E-state index contributed by atoms with van der Waals surface area (Å²) in [4.78, 5) is 22.5. The lowest BCUT2D eigenvalue weighted by Crippen LogP contribution is -2.28. The van der Waals surface area contributed by atoms with Crippen LogP contribution < -0.4 is 5.32 Å². The van der Waals surface area contributed by atoms with Crippen LogP contribution in [0.5, 0.6) is 0 Å². The smallest absolute Gasteiger partial charge is 0.269 e. The maximum atomic E-state index is 12.3. The van der Waals surface area contributed by atoms with Gasteiger partial charge in [0.25, 0.3) is 11.6 Å². The van der Waals surface area contributed by atoms with Crippen LogP contribution in [0.15, 0.2) is 42.5 Å². The van der Waals surface area contributed by atoms with Crippen molar-refractivity contribution in [3.8, 4) is 0 Å². The van der Waals surface area contributed by atoms with E-state index in [4.69, 9.17) is 0 Å². The second-order valence-electron chi connectivity index (χ2n) is 5.58. The average molecular weight is 312 g/mol. The molecule has 1 amide bonds. The summed E-state index contributed by atoms with van der Waals surface area (Å²) < 4.78 is 0. The van der Waals surface area contributed by atoms with E-state index in [1.165, 1.54) is 35.4 Å². The normalized spacial score (nSPS) is 11.8. The van der Waals surface area contributed by atoms with Crippen molar-refractivity contribution in [3.63, 3.8) is 0 Å². The first-order valence-electron chi connectivity index (χ1n) is 7.54. The van der Waals surface area contributed by atoms with Gasteiger partial charge in [0.1, 0.15) is 0 Å². The maximum absolute atomic E-state index is 12.3. The van der Waals surface area contributed by atoms with Crippen LogP contribution in [0.3, 0.4) is 0 Å². The Kier molecular flexibility index (Phi) is 5.11. The molecule has 120 valence electrons. The largest absolute Gasteiger partial charge is 0.345 e. The number of carbonyl (C=O) groups is 1. The zero-order valence-electron chi connectivity index (χ0n) is 13.5. The Labute approximate surface area is 135 Å². The van der Waals surface area contributed by atoms with Crippen molar-refractivity contribution in [2.45, 2.75) is 33.2 Å². The summed E-state index contributed by atoms with van der Waals surface area (Å²) in [6.07, 6.45) is 0.765. The molecule has 2 aromatic carbocycles. The summed E-state index contributed by atoms with van der Waals surface area (Å²) in [5, 5.41) is 13.6. The molecule has 0 saturated heterocycles. The highest BCUT2D eigenvalue weighted by molar-refractivity contribution is 5.94. The predicted molar refractivity (Wildman–Crippen MR) is 89.5 cm³/mol. The van der Waals surface area contributed by atoms with Crippen molar-refractivity contribution in [3.05, 3.63) is 74.8 Å². The topological polar surface area (TPSA) is 72.2 Å². The number of nitrogens with zero attached hydrogens (tertiary/aromatic N) is 1. The van der Waals surface area contributed by atoms with Crippen LogP contribution >= 0.6 is 0 Å². The fourth-order valence-electron chi connectivity index (χ4n) is 2.38. The molecule has 0 aliphatic carbocycles. The van der Waals surface area contributed by atoms with Gasteiger partial charge >= 0.3 is 0 Å². The number of hydrogen-bond donors (Lipinski definition) is 1. The summed E-state index contributed by atoms with van der Waals surface area (Å²) in [6, 6.07) is 11.7. The summed E-state index contributed by atoms with van der Waals surface area (Å²) >= 11 is 0. The molecule has 0 saturated carbocycles. The number of amides is 1. The molecular weight excluding hydrogens is 292 g/mol. The molecule has 0 bridgehead atoms. The Hall–Kier alpha value is -2.69. The zero-order valence-corrected chi connectivity index (χ0v) is 13.5. The molecule has 2 aromatic rings. The number of nitro groups is 1. The van der Waals surface area contributed by atoms with Gasteiger partial charge in [0.2, 0.25) is 0 Å². The minimum absolute atomic E-state index is 0.0252. The highest BCUT2D eigenvalue weighted by Crippen LogP contribution is 2.21. The van der Waals surface area contributed by atoms with E-state index in [1.54, 1.807) is 0 Å². The van der Waals surface area contributed by atoms with Gasteiger partial charge in [-0.15, -0.1) is 0 Å². The summed E-state index contributed by atoms with van der Waals surface area (Å²) in [5.74, 6) is -0.232. The molecule has 0 radical (unpaired) electrons. The molecule has 0 aromatic heterocycles. The van der Waals surface area contributed by atoms with Crippen LogP contribution in [-0.2, 0) is 0 Å². The number of rotatable bonds is 5. The van der Waals surface area contributed by atoms with Gasteiger partial charge in [0.05, 0.1) is 11.0 Å². The SMILES string of the molecule is CC[C@@H](NC(=O)c1ccc([N+](=O)[O-])cc1)c1ccc(C)c(C)c1. The monoisotopic (exact) mass is 312 g/mol. The Bertz CT molecular complexity index is 724. The third kappa shape index (κ3) is 3.94. The lowest BCUT2D eigenvalue weighted by molar-refractivity contribution is -0.384.